The van der Waals surface area contributed by atoms with Gasteiger partial charge in [0.15, 0.2) is 0 Å². The van der Waals surface area contributed by atoms with Crippen molar-refractivity contribution in [3.05, 3.63) is 48.2 Å². The SMILES string of the molecule is CCOc1ccc(Oc2cc(CNC(=O)C3(OC)CCNCC3)ccn2)cc1.Cl.Cl. The molecule has 30 heavy (non-hydrogen) atoms. The van der Waals surface area contributed by atoms with E-state index in [1.807, 2.05) is 43.3 Å². The van der Waals surface area contributed by atoms with Gasteiger partial charge in [0.05, 0.1) is 6.61 Å². The number of pyridine rings is 1. The van der Waals surface area contributed by atoms with Crippen LogP contribution < -0.4 is 20.1 Å². The van der Waals surface area contributed by atoms with Gasteiger partial charge in [0.1, 0.15) is 17.1 Å². The van der Waals surface area contributed by atoms with Gasteiger partial charge in [-0.3, -0.25) is 4.79 Å². The topological polar surface area (TPSA) is 81.7 Å². The highest BCUT2D eigenvalue weighted by Gasteiger charge is 2.39. The lowest BCUT2D eigenvalue weighted by Gasteiger charge is -2.34. The standard InChI is InChI=1S/C21H27N3O4.2ClH/c1-3-27-17-4-6-18(7-5-17)28-19-14-16(8-11-23-19)15-24-20(25)21(26-2)9-12-22-13-10-21;;/h4-8,11,14,22H,3,9-10,12-13,15H2,1-2H3,(H,24,25);2*1H. The number of piperidine rings is 1. The van der Waals surface area contributed by atoms with Gasteiger partial charge in [-0.15, -0.1) is 24.8 Å². The monoisotopic (exact) mass is 457 g/mol. The number of nitrogens with zero attached hydrogens (tertiary/aromatic N) is 1. The van der Waals surface area contributed by atoms with Crippen molar-refractivity contribution in [1.29, 1.82) is 0 Å². The molecule has 1 aromatic carbocycles. The quantitative estimate of drug-likeness (QED) is 0.630. The molecule has 1 aromatic heterocycles. The Morgan fingerprint density at radius 2 is 1.80 bits per heavy atom. The minimum Gasteiger partial charge on any atom is -0.494 e. The zero-order valence-electron chi connectivity index (χ0n) is 17.2. The maximum absolute atomic E-state index is 12.7. The van der Waals surface area contributed by atoms with Crippen LogP contribution in [0, 0.1) is 0 Å². The van der Waals surface area contributed by atoms with E-state index in [1.165, 1.54) is 0 Å². The molecule has 0 bridgehead atoms. The number of nitrogens with one attached hydrogen (secondary N) is 2. The van der Waals surface area contributed by atoms with Crippen molar-refractivity contribution in [1.82, 2.24) is 15.6 Å². The second-order valence-electron chi connectivity index (χ2n) is 6.64. The average Bonchev–Trinajstić information content (AvgIpc) is 2.74. The van der Waals surface area contributed by atoms with E-state index in [-0.39, 0.29) is 30.7 Å². The number of aromatic nitrogens is 1. The summed E-state index contributed by atoms with van der Waals surface area (Å²) in [5.74, 6) is 1.86. The van der Waals surface area contributed by atoms with Gasteiger partial charge >= 0.3 is 0 Å². The number of ether oxygens (including phenoxy) is 3. The summed E-state index contributed by atoms with van der Waals surface area (Å²) in [6, 6.07) is 11.0. The first kappa shape index (κ1) is 26.0. The number of methoxy groups -OCH3 is 1. The third-order valence-electron chi connectivity index (χ3n) is 4.83. The van der Waals surface area contributed by atoms with Crippen LogP contribution in [0.15, 0.2) is 42.6 Å². The van der Waals surface area contributed by atoms with Gasteiger partial charge in [0.25, 0.3) is 5.91 Å². The fourth-order valence-corrected chi connectivity index (χ4v) is 3.21. The van der Waals surface area contributed by atoms with E-state index < -0.39 is 5.60 Å². The number of carbonyl (C=O) groups is 1. The van der Waals surface area contributed by atoms with E-state index in [1.54, 1.807) is 13.3 Å². The Labute approximate surface area is 189 Å². The van der Waals surface area contributed by atoms with Gasteiger partial charge in [-0.1, -0.05) is 0 Å². The lowest BCUT2D eigenvalue weighted by molar-refractivity contribution is -0.146. The molecule has 166 valence electrons. The molecule has 1 aliphatic rings. The third kappa shape index (κ3) is 6.74. The Balaban J connectivity index is 0.00000225. The molecule has 0 saturated carbocycles. The number of amides is 1. The van der Waals surface area contributed by atoms with Crippen LogP contribution in [0.2, 0.25) is 0 Å². The highest BCUT2D eigenvalue weighted by Crippen LogP contribution is 2.24. The Hall–Kier alpha value is -2.06. The molecule has 9 heteroatoms. The zero-order chi connectivity index (χ0) is 19.8. The molecule has 0 unspecified atom stereocenters. The second kappa shape index (κ2) is 12.6. The Kier molecular flexibility index (Phi) is 10.9. The highest BCUT2D eigenvalue weighted by molar-refractivity contribution is 5.86. The number of carbonyl (C=O) groups excluding carboxylic acids is 1. The van der Waals surface area contributed by atoms with Crippen LogP contribution in [0.3, 0.4) is 0 Å². The number of rotatable bonds is 8. The summed E-state index contributed by atoms with van der Waals surface area (Å²) in [6.45, 7) is 4.50. The van der Waals surface area contributed by atoms with E-state index in [0.717, 1.165) is 24.4 Å². The molecule has 2 N–H and O–H groups in total. The van der Waals surface area contributed by atoms with Crippen LogP contribution >= 0.6 is 24.8 Å². The van der Waals surface area contributed by atoms with Crippen LogP contribution in [0.25, 0.3) is 0 Å². The Bertz CT molecular complexity index is 784. The number of benzene rings is 1. The second-order valence-corrected chi connectivity index (χ2v) is 6.64. The average molecular weight is 458 g/mol. The molecular formula is C21H29Cl2N3O4. The summed E-state index contributed by atoms with van der Waals surface area (Å²) in [7, 11) is 1.60. The van der Waals surface area contributed by atoms with Gasteiger partial charge in [-0.05, 0) is 68.8 Å². The van der Waals surface area contributed by atoms with Crippen LogP contribution in [0.5, 0.6) is 17.4 Å². The Morgan fingerprint density at radius 3 is 2.43 bits per heavy atom. The van der Waals surface area contributed by atoms with Crippen molar-refractivity contribution in [2.24, 2.45) is 0 Å². The number of hydrogen-bond donors (Lipinski definition) is 2. The summed E-state index contributed by atoms with van der Waals surface area (Å²) in [4.78, 5) is 16.9. The molecule has 0 spiro atoms. The van der Waals surface area contributed by atoms with E-state index in [2.05, 4.69) is 15.6 Å². The van der Waals surface area contributed by atoms with Gasteiger partial charge < -0.3 is 24.8 Å². The molecule has 0 radical (unpaired) electrons. The molecule has 1 amide bonds. The van der Waals surface area contributed by atoms with E-state index >= 15 is 0 Å². The number of halogens is 2. The van der Waals surface area contributed by atoms with Crippen molar-refractivity contribution in [2.75, 3.05) is 26.8 Å². The van der Waals surface area contributed by atoms with Crippen molar-refractivity contribution >= 4 is 30.7 Å². The molecule has 0 aliphatic carbocycles. The predicted molar refractivity (Wildman–Crippen MR) is 120 cm³/mol. The summed E-state index contributed by atoms with van der Waals surface area (Å²) < 4.78 is 16.8. The highest BCUT2D eigenvalue weighted by atomic mass is 35.5. The molecule has 2 aromatic rings. The predicted octanol–water partition coefficient (Wildman–Crippen LogP) is 3.50. The molecule has 7 nitrogen and oxygen atoms in total. The molecule has 3 rings (SSSR count). The summed E-state index contributed by atoms with van der Waals surface area (Å²) in [5, 5.41) is 6.23. The number of hydrogen-bond acceptors (Lipinski definition) is 6. The van der Waals surface area contributed by atoms with Crippen molar-refractivity contribution < 1.29 is 19.0 Å². The fraction of sp³-hybridized carbons (Fsp3) is 0.429. The minimum atomic E-state index is -0.750. The lowest BCUT2D eigenvalue weighted by atomic mass is 9.91. The first-order valence-corrected chi connectivity index (χ1v) is 9.55. The normalized spacial score (nSPS) is 14.6. The zero-order valence-corrected chi connectivity index (χ0v) is 18.8. The maximum Gasteiger partial charge on any atom is 0.252 e. The van der Waals surface area contributed by atoms with Crippen LogP contribution in [0.1, 0.15) is 25.3 Å². The van der Waals surface area contributed by atoms with E-state index in [0.29, 0.717) is 37.6 Å². The van der Waals surface area contributed by atoms with Gasteiger partial charge in [-0.2, -0.15) is 0 Å². The van der Waals surface area contributed by atoms with Crippen molar-refractivity contribution in [3.8, 4) is 17.4 Å². The summed E-state index contributed by atoms with van der Waals surface area (Å²) >= 11 is 0. The van der Waals surface area contributed by atoms with Gasteiger partial charge in [0, 0.05) is 25.9 Å². The molecule has 1 aliphatic heterocycles. The molecule has 1 saturated heterocycles. The maximum atomic E-state index is 12.7. The van der Waals surface area contributed by atoms with Crippen molar-refractivity contribution in [3.63, 3.8) is 0 Å². The first-order valence-electron chi connectivity index (χ1n) is 9.55. The Morgan fingerprint density at radius 1 is 1.13 bits per heavy atom. The lowest BCUT2D eigenvalue weighted by Crippen LogP contribution is -2.53. The fourth-order valence-electron chi connectivity index (χ4n) is 3.21. The van der Waals surface area contributed by atoms with Gasteiger partial charge in [-0.25, -0.2) is 4.98 Å². The summed E-state index contributed by atoms with van der Waals surface area (Å²) in [6.07, 6.45) is 3.00. The smallest absolute Gasteiger partial charge is 0.252 e. The van der Waals surface area contributed by atoms with E-state index in [9.17, 15) is 4.79 Å². The van der Waals surface area contributed by atoms with Crippen LogP contribution in [-0.4, -0.2) is 43.3 Å². The van der Waals surface area contributed by atoms with Crippen molar-refractivity contribution in [2.45, 2.75) is 31.9 Å². The third-order valence-corrected chi connectivity index (χ3v) is 4.83. The van der Waals surface area contributed by atoms with E-state index in [4.69, 9.17) is 14.2 Å². The molecular weight excluding hydrogens is 429 g/mol. The van der Waals surface area contributed by atoms with Crippen LogP contribution in [-0.2, 0) is 16.1 Å². The minimum absolute atomic E-state index is 0. The van der Waals surface area contributed by atoms with Gasteiger partial charge in [0.2, 0.25) is 5.88 Å². The van der Waals surface area contributed by atoms with Crippen LogP contribution in [0.4, 0.5) is 0 Å². The summed E-state index contributed by atoms with van der Waals surface area (Å²) in [5.41, 5.74) is 0.157. The largest absolute Gasteiger partial charge is 0.494 e. The molecule has 2 heterocycles. The molecule has 0 atom stereocenters. The first-order chi connectivity index (χ1) is 13.6. The molecule has 1 fully saturated rings.